The highest BCUT2D eigenvalue weighted by atomic mass is 16.6. The van der Waals surface area contributed by atoms with Crippen LogP contribution in [0.3, 0.4) is 0 Å². The summed E-state index contributed by atoms with van der Waals surface area (Å²) in [5, 5.41) is 11.5. The van der Waals surface area contributed by atoms with Gasteiger partial charge in [0.2, 0.25) is 5.91 Å². The van der Waals surface area contributed by atoms with Crippen molar-refractivity contribution in [2.75, 3.05) is 31.7 Å². The largest absolute Gasteiger partial charge is 0.496 e. The molecule has 2 aromatic carbocycles. The van der Waals surface area contributed by atoms with Crippen LogP contribution in [0.4, 0.5) is 10.5 Å². The number of aliphatic hydroxyl groups excluding tert-OH is 1. The fourth-order valence-electron chi connectivity index (χ4n) is 6.93. The van der Waals surface area contributed by atoms with Crippen molar-refractivity contribution in [3.63, 3.8) is 0 Å². The maximum Gasteiger partial charge on any atom is 0.407 e. The zero-order valence-corrected chi connectivity index (χ0v) is 27.7. The number of nitrogens with one attached hydrogen (secondary N) is 1. The van der Waals surface area contributed by atoms with Crippen molar-refractivity contribution in [2.24, 2.45) is 11.8 Å². The number of alkyl carbamates (subject to hydrolysis) is 1. The second-order valence-electron chi connectivity index (χ2n) is 13.2. The third-order valence-electron chi connectivity index (χ3n) is 9.59. The number of anilines is 1. The molecular formula is C37H49N3O6. The number of aliphatic hydroxyl groups is 1. The maximum atomic E-state index is 14.3. The molecule has 2 saturated carbocycles. The van der Waals surface area contributed by atoms with Crippen molar-refractivity contribution in [3.8, 4) is 17.0 Å². The number of carbonyl (C=O) groups is 2. The van der Waals surface area contributed by atoms with Gasteiger partial charge in [-0.05, 0) is 99.5 Å². The number of nitrogens with zero attached hydrogens (tertiary/aromatic N) is 2. The number of hydrogen-bond donors (Lipinski definition) is 2. The molecular weight excluding hydrogens is 582 g/mol. The summed E-state index contributed by atoms with van der Waals surface area (Å²) in [4.78, 5) is 33.0. The third kappa shape index (κ3) is 8.29. The minimum atomic E-state index is -0.517. The summed E-state index contributed by atoms with van der Waals surface area (Å²) in [5.74, 6) is 2.72. The first-order valence-corrected chi connectivity index (χ1v) is 16.8. The first-order chi connectivity index (χ1) is 22.2. The molecule has 2 aliphatic carbocycles. The van der Waals surface area contributed by atoms with Gasteiger partial charge in [0.1, 0.15) is 23.8 Å². The van der Waals surface area contributed by atoms with Crippen LogP contribution in [0.1, 0.15) is 94.1 Å². The molecule has 0 saturated heterocycles. The summed E-state index contributed by atoms with van der Waals surface area (Å²) >= 11 is 0. The van der Waals surface area contributed by atoms with Crippen molar-refractivity contribution in [2.45, 2.75) is 90.1 Å². The Morgan fingerprint density at radius 3 is 2.46 bits per heavy atom. The fraction of sp³-hybridized carbons (Fsp3) is 0.541. The molecule has 0 spiro atoms. The summed E-state index contributed by atoms with van der Waals surface area (Å²) in [6, 6.07) is 14.6. The van der Waals surface area contributed by atoms with E-state index in [-0.39, 0.29) is 37.0 Å². The van der Waals surface area contributed by atoms with Crippen LogP contribution in [-0.4, -0.2) is 55.0 Å². The average molecular weight is 632 g/mol. The van der Waals surface area contributed by atoms with Crippen LogP contribution in [0.15, 0.2) is 53.1 Å². The lowest BCUT2D eigenvalue weighted by atomic mass is 9.78. The van der Waals surface area contributed by atoms with Gasteiger partial charge in [-0.1, -0.05) is 38.1 Å². The quantitative estimate of drug-likeness (QED) is 0.227. The highest BCUT2D eigenvalue weighted by Crippen LogP contribution is 2.39. The van der Waals surface area contributed by atoms with Gasteiger partial charge >= 0.3 is 6.09 Å². The van der Waals surface area contributed by atoms with Crippen LogP contribution in [-0.2, 0) is 9.53 Å². The monoisotopic (exact) mass is 631 g/mol. The number of benzene rings is 2. The number of methoxy groups -OCH3 is 1. The number of aromatic nitrogens is 1. The van der Waals surface area contributed by atoms with E-state index in [0.717, 1.165) is 53.9 Å². The topological polar surface area (TPSA) is 114 Å². The third-order valence-corrected chi connectivity index (χ3v) is 9.59. The Hall–Kier alpha value is -3.85. The average Bonchev–Trinajstić information content (AvgIpc) is 3.58. The van der Waals surface area contributed by atoms with Gasteiger partial charge in [0.25, 0.3) is 0 Å². The van der Waals surface area contributed by atoms with Crippen molar-refractivity contribution in [3.05, 3.63) is 65.7 Å². The molecule has 2 aliphatic rings. The van der Waals surface area contributed by atoms with Crippen LogP contribution >= 0.6 is 0 Å². The molecule has 0 radical (unpaired) electrons. The summed E-state index contributed by atoms with van der Waals surface area (Å²) in [6.07, 6.45) is 7.87. The minimum absolute atomic E-state index is 0.133. The van der Waals surface area contributed by atoms with Gasteiger partial charge in [-0.25, -0.2) is 9.78 Å². The lowest BCUT2D eigenvalue weighted by Crippen LogP contribution is -2.42. The van der Waals surface area contributed by atoms with Crippen molar-refractivity contribution in [1.82, 2.24) is 10.3 Å². The Morgan fingerprint density at radius 2 is 1.80 bits per heavy atom. The first kappa shape index (κ1) is 33.5. The molecule has 46 heavy (non-hydrogen) atoms. The Labute approximate surface area is 272 Å². The molecule has 1 aromatic heterocycles. The van der Waals surface area contributed by atoms with Gasteiger partial charge in [-0.15, -0.1) is 0 Å². The van der Waals surface area contributed by atoms with Gasteiger partial charge in [-0.3, -0.25) is 4.79 Å². The molecule has 2 amide bonds. The second-order valence-corrected chi connectivity index (χ2v) is 13.2. The SMILES string of the molecule is COc1ccc(C2CCC(CN(C(=O)C3CCC(OC(=O)NCCO)CC3)c3cccc(-c4coc(C(C)C)n4)c3)CC2)cc1C. The number of ether oxygens (including phenoxy) is 2. The Balaban J connectivity index is 1.30. The van der Waals surface area contributed by atoms with Crippen LogP contribution in [0.5, 0.6) is 5.75 Å². The van der Waals surface area contributed by atoms with E-state index in [1.54, 1.807) is 13.4 Å². The van der Waals surface area contributed by atoms with Crippen molar-refractivity contribution in [1.29, 1.82) is 0 Å². The van der Waals surface area contributed by atoms with E-state index in [1.165, 1.54) is 5.56 Å². The summed E-state index contributed by atoms with van der Waals surface area (Å²) in [5.41, 5.74) is 5.11. The van der Waals surface area contributed by atoms with Gasteiger partial charge in [0, 0.05) is 36.2 Å². The fourth-order valence-corrected chi connectivity index (χ4v) is 6.93. The molecule has 9 nitrogen and oxygen atoms in total. The number of carbonyl (C=O) groups excluding carboxylic acids is 2. The molecule has 248 valence electrons. The molecule has 0 bridgehead atoms. The summed E-state index contributed by atoms with van der Waals surface area (Å²) < 4.78 is 16.7. The number of rotatable bonds is 11. The molecule has 0 unspecified atom stereocenters. The predicted octanol–water partition coefficient (Wildman–Crippen LogP) is 7.37. The Bertz CT molecular complexity index is 1450. The molecule has 2 N–H and O–H groups in total. The predicted molar refractivity (Wildman–Crippen MR) is 178 cm³/mol. The van der Waals surface area contributed by atoms with E-state index in [9.17, 15) is 9.59 Å². The van der Waals surface area contributed by atoms with Crippen LogP contribution in [0.2, 0.25) is 0 Å². The van der Waals surface area contributed by atoms with E-state index in [4.69, 9.17) is 24.0 Å². The summed E-state index contributed by atoms with van der Waals surface area (Å²) in [7, 11) is 1.71. The molecule has 5 rings (SSSR count). The standard InChI is InChI=1S/C37H49N3O6/c1-24(2)35-39-33(23-45-35)30-6-5-7-31(21-30)40(36(42)28-12-15-32(16-13-28)46-37(43)38-18-19-41)22-26-8-10-27(11-9-26)29-14-17-34(44-4)25(3)20-29/h5-7,14,17,20-21,23-24,26-28,32,41H,8-13,15-16,18-19,22H2,1-4H3,(H,38,43). The number of hydrogen-bond acceptors (Lipinski definition) is 7. The number of oxazole rings is 1. The lowest BCUT2D eigenvalue weighted by molar-refractivity contribution is -0.124. The zero-order valence-electron chi connectivity index (χ0n) is 27.7. The normalized spacial score (nSPS) is 21.5. The van der Waals surface area contributed by atoms with Crippen molar-refractivity contribution >= 4 is 17.7 Å². The van der Waals surface area contributed by atoms with Crippen LogP contribution in [0, 0.1) is 18.8 Å². The first-order valence-electron chi connectivity index (χ1n) is 16.8. The molecule has 3 aromatic rings. The molecule has 0 aliphatic heterocycles. The smallest absolute Gasteiger partial charge is 0.407 e. The molecule has 2 fully saturated rings. The van der Waals surface area contributed by atoms with Gasteiger partial charge < -0.3 is 29.2 Å². The van der Waals surface area contributed by atoms with E-state index < -0.39 is 6.09 Å². The highest BCUT2D eigenvalue weighted by Gasteiger charge is 2.34. The van der Waals surface area contributed by atoms with E-state index in [1.807, 2.05) is 23.1 Å². The minimum Gasteiger partial charge on any atom is -0.496 e. The maximum absolute atomic E-state index is 14.3. The highest BCUT2D eigenvalue weighted by molar-refractivity contribution is 5.95. The zero-order chi connectivity index (χ0) is 32.6. The molecule has 0 atom stereocenters. The molecule has 1 heterocycles. The number of aryl methyl sites for hydroxylation is 1. The van der Waals surface area contributed by atoms with E-state index >= 15 is 0 Å². The van der Waals surface area contributed by atoms with Crippen molar-refractivity contribution < 1.29 is 28.6 Å². The Morgan fingerprint density at radius 1 is 1.04 bits per heavy atom. The van der Waals surface area contributed by atoms with Gasteiger partial charge in [0.15, 0.2) is 5.89 Å². The lowest BCUT2D eigenvalue weighted by Gasteiger charge is -2.36. The van der Waals surface area contributed by atoms with Crippen LogP contribution < -0.4 is 15.0 Å². The van der Waals surface area contributed by atoms with Crippen LogP contribution in [0.25, 0.3) is 11.3 Å². The second kappa shape index (κ2) is 15.6. The molecule has 9 heteroatoms. The van der Waals surface area contributed by atoms with E-state index in [0.29, 0.717) is 50.0 Å². The number of amides is 2. The Kier molecular flexibility index (Phi) is 11.4. The van der Waals surface area contributed by atoms with Gasteiger partial charge in [0.05, 0.1) is 13.7 Å². The van der Waals surface area contributed by atoms with Gasteiger partial charge in [-0.2, -0.15) is 0 Å². The summed E-state index contributed by atoms with van der Waals surface area (Å²) in [6.45, 7) is 6.91. The van der Waals surface area contributed by atoms with E-state index in [2.05, 4.69) is 50.4 Å².